The molecule has 0 radical (unpaired) electrons. The lowest BCUT2D eigenvalue weighted by Crippen LogP contribution is -2.27. The molecular formula is C17H16N4O3S. The molecule has 2 aromatic heterocycles. The van der Waals surface area contributed by atoms with E-state index in [2.05, 4.69) is 15.1 Å². The highest BCUT2D eigenvalue weighted by atomic mass is 32.2. The molecule has 3 rings (SSSR count). The molecule has 0 amide bonds. The second-order valence-electron chi connectivity index (χ2n) is 5.18. The van der Waals surface area contributed by atoms with Crippen LogP contribution in [-0.4, -0.2) is 43.2 Å². The highest BCUT2D eigenvalue weighted by Gasteiger charge is 2.27. The molecule has 0 aliphatic carbocycles. The average molecular weight is 356 g/mol. The van der Waals surface area contributed by atoms with Gasteiger partial charge in [0.05, 0.1) is 12.3 Å². The summed E-state index contributed by atoms with van der Waals surface area (Å²) in [7, 11) is 0. The zero-order chi connectivity index (χ0) is 17.8. The fraction of sp³-hybridized carbons (Fsp3) is 0.235. The molecule has 7 nitrogen and oxygen atoms in total. The molecule has 0 aliphatic rings. The highest BCUT2D eigenvalue weighted by molar-refractivity contribution is 8.01. The second kappa shape index (κ2) is 7.43. The van der Waals surface area contributed by atoms with Gasteiger partial charge < -0.3 is 4.74 Å². The fourth-order valence-electron chi connectivity index (χ4n) is 2.26. The number of carbonyl (C=O) groups is 2. The predicted octanol–water partition coefficient (Wildman–Crippen LogP) is 2.40. The van der Waals surface area contributed by atoms with E-state index in [9.17, 15) is 9.59 Å². The van der Waals surface area contributed by atoms with Crippen molar-refractivity contribution in [3.63, 3.8) is 0 Å². The first-order valence-corrected chi connectivity index (χ1v) is 8.58. The normalized spacial score (nSPS) is 12.1. The monoisotopic (exact) mass is 356 g/mol. The Kier molecular flexibility index (Phi) is 5.08. The van der Waals surface area contributed by atoms with Gasteiger partial charge in [-0.05, 0) is 19.9 Å². The van der Waals surface area contributed by atoms with Gasteiger partial charge in [-0.25, -0.2) is 4.98 Å². The number of thioether (sulfide) groups is 1. The van der Waals surface area contributed by atoms with Crippen molar-refractivity contribution in [2.24, 2.45) is 0 Å². The van der Waals surface area contributed by atoms with E-state index in [1.807, 2.05) is 30.3 Å². The number of nitrogens with zero attached hydrogens (tertiary/aromatic N) is 4. The van der Waals surface area contributed by atoms with Crippen LogP contribution in [0, 0.1) is 0 Å². The molecule has 3 aromatic rings. The fourth-order valence-corrected chi connectivity index (χ4v) is 3.24. The van der Waals surface area contributed by atoms with Crippen molar-refractivity contribution in [2.75, 3.05) is 6.61 Å². The largest absolute Gasteiger partial charge is 0.465 e. The predicted molar refractivity (Wildman–Crippen MR) is 93.2 cm³/mol. The van der Waals surface area contributed by atoms with Crippen molar-refractivity contribution in [1.29, 1.82) is 0 Å². The third-order valence-corrected chi connectivity index (χ3v) is 4.69. The van der Waals surface area contributed by atoms with E-state index in [1.54, 1.807) is 13.0 Å². The first kappa shape index (κ1) is 17.1. The summed E-state index contributed by atoms with van der Waals surface area (Å²) in [5, 5.41) is 3.76. The van der Waals surface area contributed by atoms with Crippen LogP contribution in [0.3, 0.4) is 0 Å². The molecule has 128 valence electrons. The number of hydrogen-bond acceptors (Lipinski definition) is 7. The minimum absolute atomic E-state index is 0.216. The van der Waals surface area contributed by atoms with Crippen molar-refractivity contribution < 1.29 is 14.3 Å². The van der Waals surface area contributed by atoms with E-state index in [0.29, 0.717) is 16.5 Å². The molecule has 0 fully saturated rings. The number of aromatic nitrogens is 4. The Morgan fingerprint density at radius 1 is 1.28 bits per heavy atom. The van der Waals surface area contributed by atoms with E-state index in [0.717, 1.165) is 17.3 Å². The van der Waals surface area contributed by atoms with Crippen LogP contribution in [-0.2, 0) is 14.3 Å². The van der Waals surface area contributed by atoms with Crippen LogP contribution in [0.25, 0.3) is 17.0 Å². The van der Waals surface area contributed by atoms with Crippen LogP contribution >= 0.6 is 11.8 Å². The van der Waals surface area contributed by atoms with Gasteiger partial charge in [-0.2, -0.15) is 14.6 Å². The van der Waals surface area contributed by atoms with Crippen LogP contribution in [0.4, 0.5) is 0 Å². The zero-order valence-corrected chi connectivity index (χ0v) is 14.6. The first-order chi connectivity index (χ1) is 12.1. The molecule has 0 bridgehead atoms. The maximum Gasteiger partial charge on any atom is 0.327 e. The van der Waals surface area contributed by atoms with Crippen LogP contribution < -0.4 is 0 Å². The lowest BCUT2D eigenvalue weighted by Gasteiger charge is -2.13. The van der Waals surface area contributed by atoms with Crippen LogP contribution in [0.2, 0.25) is 0 Å². The minimum atomic E-state index is -0.960. The third kappa shape index (κ3) is 3.69. The molecule has 0 saturated heterocycles. The first-order valence-electron chi connectivity index (χ1n) is 7.70. The van der Waals surface area contributed by atoms with Crippen molar-refractivity contribution in [3.05, 3.63) is 42.7 Å². The number of fused-ring (bicyclic) bond motifs is 1. The number of benzene rings is 1. The quantitative estimate of drug-likeness (QED) is 0.290. The van der Waals surface area contributed by atoms with Gasteiger partial charge in [0.2, 0.25) is 0 Å². The topological polar surface area (TPSA) is 86.4 Å². The van der Waals surface area contributed by atoms with Gasteiger partial charge in [0.1, 0.15) is 11.4 Å². The van der Waals surface area contributed by atoms with Crippen LogP contribution in [0.5, 0.6) is 0 Å². The smallest absolute Gasteiger partial charge is 0.327 e. The molecular weight excluding hydrogens is 340 g/mol. The summed E-state index contributed by atoms with van der Waals surface area (Å²) >= 11 is 1.08. The maximum atomic E-state index is 12.1. The van der Waals surface area contributed by atoms with Crippen molar-refractivity contribution in [3.8, 4) is 11.3 Å². The second-order valence-corrected chi connectivity index (χ2v) is 6.30. The number of ketones is 1. The van der Waals surface area contributed by atoms with Gasteiger partial charge in [0.25, 0.3) is 5.78 Å². The summed E-state index contributed by atoms with van der Waals surface area (Å²) in [5.74, 6) is -0.448. The Hall–Kier alpha value is -2.74. The standard InChI is InChI=1S/C17H16N4O3S/c1-3-24-16(23)15(11(2)22)25-14-9-13(12-7-5-4-6-8-12)20-17-18-10-19-21(14)17/h4-10,15H,3H2,1-2H3/t15-/m1/s1. The average Bonchev–Trinajstić information content (AvgIpc) is 3.08. The maximum absolute atomic E-state index is 12.1. The molecule has 8 heteroatoms. The summed E-state index contributed by atoms with van der Waals surface area (Å²) in [6.07, 6.45) is 1.38. The Balaban J connectivity index is 2.04. The molecule has 0 N–H and O–H groups in total. The summed E-state index contributed by atoms with van der Waals surface area (Å²) in [6.45, 7) is 3.29. The SMILES string of the molecule is CCOC(=O)[C@H](Sc1cc(-c2ccccc2)nc2ncnn12)C(C)=O. The van der Waals surface area contributed by atoms with E-state index in [-0.39, 0.29) is 12.4 Å². The number of ether oxygens (including phenoxy) is 1. The summed E-state index contributed by atoms with van der Waals surface area (Å²) in [5.41, 5.74) is 1.60. The summed E-state index contributed by atoms with van der Waals surface area (Å²) in [6, 6.07) is 11.4. The molecule has 1 aromatic carbocycles. The van der Waals surface area contributed by atoms with Crippen molar-refractivity contribution in [1.82, 2.24) is 19.6 Å². The number of Topliss-reactive ketones (excluding diaryl/α,β-unsaturated/α-hetero) is 1. The third-order valence-electron chi connectivity index (χ3n) is 3.40. The molecule has 2 heterocycles. The Labute approximate surface area is 148 Å². The number of esters is 1. The Morgan fingerprint density at radius 2 is 2.04 bits per heavy atom. The molecule has 0 saturated carbocycles. The molecule has 1 atom stereocenters. The van der Waals surface area contributed by atoms with Gasteiger partial charge in [0, 0.05) is 5.56 Å². The van der Waals surface area contributed by atoms with E-state index in [4.69, 9.17) is 4.74 Å². The summed E-state index contributed by atoms with van der Waals surface area (Å²) < 4.78 is 6.51. The molecule has 0 aliphatic heterocycles. The van der Waals surface area contributed by atoms with Gasteiger partial charge >= 0.3 is 5.97 Å². The Morgan fingerprint density at radius 3 is 2.72 bits per heavy atom. The lowest BCUT2D eigenvalue weighted by molar-refractivity contribution is -0.144. The molecule has 25 heavy (non-hydrogen) atoms. The number of hydrogen-bond donors (Lipinski definition) is 0. The van der Waals surface area contributed by atoms with Gasteiger partial charge in [0.15, 0.2) is 11.0 Å². The van der Waals surface area contributed by atoms with Crippen molar-refractivity contribution in [2.45, 2.75) is 24.1 Å². The summed E-state index contributed by atoms with van der Waals surface area (Å²) in [4.78, 5) is 32.6. The van der Waals surface area contributed by atoms with Gasteiger partial charge in [-0.1, -0.05) is 42.1 Å². The Bertz CT molecular complexity index is 911. The highest BCUT2D eigenvalue weighted by Crippen LogP contribution is 2.28. The lowest BCUT2D eigenvalue weighted by atomic mass is 10.1. The molecule has 0 unspecified atom stereocenters. The van der Waals surface area contributed by atoms with Crippen molar-refractivity contribution >= 4 is 29.3 Å². The number of carbonyl (C=O) groups excluding carboxylic acids is 2. The number of rotatable bonds is 6. The van der Waals surface area contributed by atoms with Crippen LogP contribution in [0.15, 0.2) is 47.8 Å². The van der Waals surface area contributed by atoms with E-state index >= 15 is 0 Å². The van der Waals surface area contributed by atoms with E-state index in [1.165, 1.54) is 17.8 Å². The minimum Gasteiger partial charge on any atom is -0.465 e. The zero-order valence-electron chi connectivity index (χ0n) is 13.7. The van der Waals surface area contributed by atoms with E-state index < -0.39 is 11.2 Å². The van der Waals surface area contributed by atoms with Crippen LogP contribution in [0.1, 0.15) is 13.8 Å². The molecule has 0 spiro atoms. The van der Waals surface area contributed by atoms with Gasteiger partial charge in [-0.3, -0.25) is 9.59 Å². The van der Waals surface area contributed by atoms with Gasteiger partial charge in [-0.15, -0.1) is 0 Å².